The van der Waals surface area contributed by atoms with Gasteiger partial charge < -0.3 is 9.84 Å². The summed E-state index contributed by atoms with van der Waals surface area (Å²) in [4.78, 5) is 21.1. The van der Waals surface area contributed by atoms with Gasteiger partial charge in [-0.1, -0.05) is 0 Å². The van der Waals surface area contributed by atoms with Gasteiger partial charge >= 0.3 is 5.97 Å². The molecule has 0 fully saturated rings. The van der Waals surface area contributed by atoms with Crippen LogP contribution in [0.3, 0.4) is 0 Å². The van der Waals surface area contributed by atoms with E-state index in [1.807, 2.05) is 0 Å². The molecule has 0 rings (SSSR count). The molecule has 10 heavy (non-hydrogen) atoms. The fourth-order valence-electron chi connectivity index (χ4n) is 0.211. The van der Waals surface area contributed by atoms with Crippen molar-refractivity contribution in [3.63, 3.8) is 0 Å². The molecule has 0 radical (unpaired) electrons. The first-order valence-corrected chi connectivity index (χ1v) is 2.44. The quantitative estimate of drug-likeness (QED) is 0.421. The summed E-state index contributed by atoms with van der Waals surface area (Å²) in [6, 6.07) is -1.69. The van der Waals surface area contributed by atoms with E-state index in [1.54, 1.807) is 0 Å². The molecule has 0 aromatic carbocycles. The third-order valence-corrected chi connectivity index (χ3v) is 0.633. The van der Waals surface area contributed by atoms with Crippen molar-refractivity contribution >= 4 is 11.8 Å². The molecular weight excluding hydrogens is 136 g/mol. The largest absolute Gasteiger partial charge is 0.466 e. The van der Waals surface area contributed by atoms with Crippen molar-refractivity contribution in [2.75, 3.05) is 13.7 Å². The first-order chi connectivity index (χ1) is 5.54. The van der Waals surface area contributed by atoms with Gasteiger partial charge in [0.15, 0.2) is 5.78 Å². The Morgan fingerprint density at radius 3 is 2.70 bits per heavy atom. The number of hydrogen-bond acceptors (Lipinski definition) is 4. The third kappa shape index (κ3) is 3.80. The Bertz CT molecular complexity index is 210. The molecule has 0 aliphatic carbocycles. The van der Waals surface area contributed by atoms with Crippen molar-refractivity contribution < 1.29 is 22.2 Å². The second-order valence-electron chi connectivity index (χ2n) is 1.32. The number of carbonyl (C=O) groups excluding carboxylic acids is 2. The monoisotopic (exact) mass is 146 g/mol. The molecule has 0 unspecified atom stereocenters. The Morgan fingerprint density at radius 1 is 1.70 bits per heavy atom. The van der Waals surface area contributed by atoms with Crippen LogP contribution < -0.4 is 0 Å². The highest BCUT2D eigenvalue weighted by Crippen LogP contribution is 1.78. The minimum absolute atomic E-state index is 0.843. The average molecular weight is 146 g/mol. The molecule has 0 bridgehead atoms. The molecule has 0 heterocycles. The van der Waals surface area contributed by atoms with E-state index in [4.69, 9.17) is 7.85 Å². The Morgan fingerprint density at radius 2 is 2.30 bits per heavy atom. The molecule has 0 spiro atoms. The van der Waals surface area contributed by atoms with Crippen molar-refractivity contribution in [1.29, 1.82) is 0 Å². The number of esters is 1. The van der Waals surface area contributed by atoms with Gasteiger partial charge in [0, 0.05) is 6.05 Å². The zero-order valence-electron chi connectivity index (χ0n) is 7.38. The van der Waals surface area contributed by atoms with Crippen LogP contribution in [0.1, 0.15) is 2.74 Å². The maximum atomic E-state index is 10.6. The van der Waals surface area contributed by atoms with Gasteiger partial charge in [-0.15, -0.1) is 0 Å². The standard InChI is InChI=1S/C6H8O4/c1-10-6(9)3-2-5(8)4-7/h2-3,7H,4H2,1H3/b3-2+/i2D,3D. The second-order valence-corrected chi connectivity index (χ2v) is 1.32. The van der Waals surface area contributed by atoms with E-state index in [0.717, 1.165) is 7.11 Å². The molecule has 0 aromatic rings. The summed E-state index contributed by atoms with van der Waals surface area (Å²) in [5.74, 6) is -2.05. The highest BCUT2D eigenvalue weighted by atomic mass is 16.5. The Labute approximate surface area is 60.9 Å². The van der Waals surface area contributed by atoms with E-state index in [9.17, 15) is 9.59 Å². The predicted octanol–water partition coefficient (Wildman–Crippen LogP) is -0.723. The molecule has 4 nitrogen and oxygen atoms in total. The summed E-state index contributed by atoms with van der Waals surface area (Å²) in [5, 5.41) is 8.27. The maximum Gasteiger partial charge on any atom is 0.330 e. The fourth-order valence-corrected chi connectivity index (χ4v) is 0.211. The minimum Gasteiger partial charge on any atom is -0.466 e. The lowest BCUT2D eigenvalue weighted by Crippen LogP contribution is -2.01. The number of rotatable bonds is 3. The van der Waals surface area contributed by atoms with Gasteiger partial charge in [0.05, 0.1) is 9.85 Å². The number of hydrogen-bond donors (Lipinski definition) is 1. The second kappa shape index (κ2) is 4.69. The first-order valence-electron chi connectivity index (χ1n) is 3.44. The highest BCUT2D eigenvalue weighted by molar-refractivity contribution is 5.96. The molecule has 0 aromatic heterocycles. The fraction of sp³-hybridized carbons (Fsp3) is 0.333. The highest BCUT2D eigenvalue weighted by Gasteiger charge is 1.94. The molecule has 0 aliphatic rings. The molecule has 1 N–H and O–H groups in total. The number of ether oxygens (including phenoxy) is 1. The minimum atomic E-state index is -1.07. The van der Waals surface area contributed by atoms with E-state index in [1.165, 1.54) is 0 Å². The van der Waals surface area contributed by atoms with Crippen molar-refractivity contribution in [2.24, 2.45) is 0 Å². The summed E-state index contributed by atoms with van der Waals surface area (Å²) in [7, 11) is 1.04. The predicted molar refractivity (Wildman–Crippen MR) is 33.2 cm³/mol. The zero-order valence-corrected chi connectivity index (χ0v) is 5.38. The van der Waals surface area contributed by atoms with E-state index in [2.05, 4.69) is 4.74 Å². The maximum absolute atomic E-state index is 10.6. The lowest BCUT2D eigenvalue weighted by atomic mass is 10.4. The zero-order chi connectivity index (χ0) is 9.72. The number of ketones is 1. The van der Waals surface area contributed by atoms with E-state index in [0.29, 0.717) is 0 Å². The Hall–Kier alpha value is -1.16. The van der Waals surface area contributed by atoms with Gasteiger partial charge in [0.1, 0.15) is 6.61 Å². The smallest absolute Gasteiger partial charge is 0.330 e. The topological polar surface area (TPSA) is 63.6 Å². The number of carbonyl (C=O) groups is 2. The van der Waals surface area contributed by atoms with Gasteiger partial charge in [-0.25, -0.2) is 4.79 Å². The molecule has 56 valence electrons. The van der Waals surface area contributed by atoms with Crippen LogP contribution in [-0.4, -0.2) is 30.6 Å². The van der Waals surface area contributed by atoms with Gasteiger partial charge in [-0.2, -0.15) is 0 Å². The van der Waals surface area contributed by atoms with Crippen molar-refractivity contribution in [3.8, 4) is 0 Å². The van der Waals surface area contributed by atoms with Crippen LogP contribution in [0.15, 0.2) is 12.1 Å². The summed E-state index contributed by atoms with van der Waals surface area (Å²) >= 11 is 0. The molecule has 0 amide bonds. The summed E-state index contributed by atoms with van der Waals surface area (Å²) < 4.78 is 17.9. The number of methoxy groups -OCH3 is 1. The SMILES string of the molecule is [2H]/C(C(=O)CO)=C(/[2H])C(=O)OC. The van der Waals surface area contributed by atoms with Crippen LogP contribution >= 0.6 is 0 Å². The van der Waals surface area contributed by atoms with Crippen LogP contribution in [0.25, 0.3) is 0 Å². The van der Waals surface area contributed by atoms with Crippen molar-refractivity contribution in [2.45, 2.75) is 0 Å². The van der Waals surface area contributed by atoms with Gasteiger partial charge in [0.25, 0.3) is 0 Å². The molecule has 4 heteroatoms. The average Bonchev–Trinajstić information content (AvgIpc) is 2.12. The van der Waals surface area contributed by atoms with Gasteiger partial charge in [0.2, 0.25) is 0 Å². The van der Waals surface area contributed by atoms with E-state index >= 15 is 0 Å². The summed E-state index contributed by atoms with van der Waals surface area (Å²) in [6.45, 7) is -0.891. The summed E-state index contributed by atoms with van der Waals surface area (Å²) in [6.07, 6.45) is 0. The lowest BCUT2D eigenvalue weighted by molar-refractivity contribution is -0.135. The van der Waals surface area contributed by atoms with Crippen LogP contribution in [0.5, 0.6) is 0 Å². The number of aliphatic hydroxyl groups excluding tert-OH is 1. The molecule has 0 saturated carbocycles. The van der Waals surface area contributed by atoms with Crippen LogP contribution in [0, 0.1) is 0 Å². The molecular formula is C6H8O4. The van der Waals surface area contributed by atoms with Gasteiger partial charge in [-0.05, 0) is 6.05 Å². The number of aliphatic hydroxyl groups is 1. The van der Waals surface area contributed by atoms with Crippen LogP contribution in [0.2, 0.25) is 0 Å². The molecule has 0 saturated heterocycles. The van der Waals surface area contributed by atoms with Crippen molar-refractivity contribution in [3.05, 3.63) is 12.1 Å². The van der Waals surface area contributed by atoms with Crippen LogP contribution in [-0.2, 0) is 14.3 Å². The molecule has 0 atom stereocenters. The first kappa shape index (κ1) is 5.61. The Kier molecular flexibility index (Phi) is 2.63. The molecule has 0 aliphatic heterocycles. The van der Waals surface area contributed by atoms with E-state index in [-0.39, 0.29) is 0 Å². The third-order valence-electron chi connectivity index (χ3n) is 0.633. The van der Waals surface area contributed by atoms with Crippen molar-refractivity contribution in [1.82, 2.24) is 0 Å². The van der Waals surface area contributed by atoms with Gasteiger partial charge in [-0.3, -0.25) is 4.79 Å². The van der Waals surface area contributed by atoms with Crippen LogP contribution in [0.4, 0.5) is 0 Å². The lowest BCUT2D eigenvalue weighted by Gasteiger charge is -1.87. The van der Waals surface area contributed by atoms with E-state index < -0.39 is 30.5 Å². The Balaban J connectivity index is 4.68. The summed E-state index contributed by atoms with van der Waals surface area (Å²) in [5.41, 5.74) is 0. The normalized spacial score (nSPS) is 14.6.